The molecule has 1 aliphatic heterocycles. The van der Waals surface area contributed by atoms with Crippen molar-refractivity contribution in [2.45, 2.75) is 19.3 Å². The number of hydrogen-bond acceptors (Lipinski definition) is 5. The molecule has 5 rings (SSSR count). The van der Waals surface area contributed by atoms with Gasteiger partial charge >= 0.3 is 5.97 Å². The second-order valence-electron chi connectivity index (χ2n) is 8.67. The highest BCUT2D eigenvalue weighted by Gasteiger charge is 2.61. The van der Waals surface area contributed by atoms with E-state index in [1.54, 1.807) is 30.3 Å². The Balaban J connectivity index is 1.25. The summed E-state index contributed by atoms with van der Waals surface area (Å²) in [6, 6.07) is 11.0. The highest BCUT2D eigenvalue weighted by Crippen LogP contribution is 2.56. The lowest BCUT2D eigenvalue weighted by Crippen LogP contribution is -2.32. The standard InChI is InChI=1S/C24H20Cl2N2O5/c25-16-5-2-6-17(21(16)26)27-18(29)11-33-24(32)14-3-1-4-15(10-14)28-22(30)19-12-7-8-13(9-12)20(19)23(28)31/h1-6,10,12-13,19-20H,7-9,11H2,(H,27,29)/t12-,13-,19-,20+/m0/s1. The fourth-order valence-electron chi connectivity index (χ4n) is 5.44. The van der Waals surface area contributed by atoms with Gasteiger partial charge in [-0.05, 0) is 61.4 Å². The summed E-state index contributed by atoms with van der Waals surface area (Å²) in [5.74, 6) is -1.62. The van der Waals surface area contributed by atoms with Gasteiger partial charge in [0, 0.05) is 0 Å². The van der Waals surface area contributed by atoms with E-state index in [0.29, 0.717) is 11.4 Å². The molecule has 2 aliphatic carbocycles. The Kier molecular flexibility index (Phi) is 5.62. The van der Waals surface area contributed by atoms with Crippen LogP contribution in [0, 0.1) is 23.7 Å². The molecule has 3 amide bonds. The molecule has 0 aromatic heterocycles. The Bertz CT molecular complexity index is 1160. The quantitative estimate of drug-likeness (QED) is 0.501. The Morgan fingerprint density at radius 1 is 1.00 bits per heavy atom. The van der Waals surface area contributed by atoms with E-state index in [-0.39, 0.29) is 51.1 Å². The van der Waals surface area contributed by atoms with Crippen molar-refractivity contribution in [3.05, 3.63) is 58.1 Å². The van der Waals surface area contributed by atoms with Crippen LogP contribution in [0.3, 0.4) is 0 Å². The average Bonchev–Trinajstić information content (AvgIpc) is 3.49. The largest absolute Gasteiger partial charge is 0.452 e. The van der Waals surface area contributed by atoms with Crippen LogP contribution in [0.4, 0.5) is 11.4 Å². The van der Waals surface area contributed by atoms with Crippen LogP contribution < -0.4 is 10.2 Å². The molecule has 0 spiro atoms. The van der Waals surface area contributed by atoms with E-state index in [2.05, 4.69) is 5.32 Å². The highest BCUT2D eigenvalue weighted by molar-refractivity contribution is 6.44. The van der Waals surface area contributed by atoms with Gasteiger partial charge in [0.1, 0.15) is 0 Å². The monoisotopic (exact) mass is 486 g/mol. The van der Waals surface area contributed by atoms with Gasteiger partial charge in [0.15, 0.2) is 6.61 Å². The van der Waals surface area contributed by atoms with Crippen molar-refractivity contribution in [3.63, 3.8) is 0 Å². The summed E-state index contributed by atoms with van der Waals surface area (Å²) in [5, 5.41) is 3.00. The molecule has 0 unspecified atom stereocenters. The third kappa shape index (κ3) is 3.79. The smallest absolute Gasteiger partial charge is 0.338 e. The number of fused-ring (bicyclic) bond motifs is 5. The molecule has 1 N–H and O–H groups in total. The van der Waals surface area contributed by atoms with Crippen LogP contribution >= 0.6 is 23.2 Å². The molecule has 2 bridgehead atoms. The predicted molar refractivity (Wildman–Crippen MR) is 122 cm³/mol. The molecule has 170 valence electrons. The molecular formula is C24H20Cl2N2O5. The molecule has 4 atom stereocenters. The summed E-state index contributed by atoms with van der Waals surface area (Å²) >= 11 is 12.0. The van der Waals surface area contributed by atoms with E-state index in [0.717, 1.165) is 19.3 Å². The van der Waals surface area contributed by atoms with E-state index in [1.165, 1.54) is 17.0 Å². The number of hydrogen-bond donors (Lipinski definition) is 1. The second-order valence-corrected chi connectivity index (χ2v) is 9.46. The third-order valence-electron chi connectivity index (χ3n) is 6.83. The van der Waals surface area contributed by atoms with Crippen molar-refractivity contribution < 1.29 is 23.9 Å². The first-order chi connectivity index (χ1) is 15.8. The molecule has 0 radical (unpaired) electrons. The van der Waals surface area contributed by atoms with Crippen molar-refractivity contribution in [1.82, 2.24) is 0 Å². The number of rotatable bonds is 5. The number of anilines is 2. The number of nitrogens with zero attached hydrogens (tertiary/aromatic N) is 1. The summed E-state index contributed by atoms with van der Waals surface area (Å²) in [4.78, 5) is 52.0. The second kappa shape index (κ2) is 8.47. The third-order valence-corrected chi connectivity index (χ3v) is 7.65. The molecule has 7 nitrogen and oxygen atoms in total. The highest BCUT2D eigenvalue weighted by atomic mass is 35.5. The van der Waals surface area contributed by atoms with Crippen LogP contribution in [-0.4, -0.2) is 30.3 Å². The van der Waals surface area contributed by atoms with Gasteiger partial charge in [-0.15, -0.1) is 0 Å². The molecule has 3 aliphatic rings. The number of ether oxygens (including phenoxy) is 1. The Labute approximate surface area is 200 Å². The van der Waals surface area contributed by atoms with Gasteiger partial charge in [0.25, 0.3) is 5.91 Å². The number of carbonyl (C=O) groups is 4. The zero-order valence-corrected chi connectivity index (χ0v) is 18.9. The number of amides is 3. The first-order valence-corrected chi connectivity index (χ1v) is 11.5. The summed E-state index contributed by atoms with van der Waals surface area (Å²) in [6.45, 7) is -0.541. The zero-order valence-electron chi connectivity index (χ0n) is 17.4. The number of imide groups is 1. The fraction of sp³-hybridized carbons (Fsp3) is 0.333. The number of halogens is 2. The Hall–Kier alpha value is -2.90. The fourth-order valence-corrected chi connectivity index (χ4v) is 5.78. The molecule has 2 aromatic rings. The van der Waals surface area contributed by atoms with Crippen molar-refractivity contribution in [1.29, 1.82) is 0 Å². The SMILES string of the molecule is O=C(COC(=O)c1cccc(N2C(=O)[C@@H]3[C@H]4CC[C@@H](C4)[C@@H]3C2=O)c1)Nc1cccc(Cl)c1Cl. The Morgan fingerprint density at radius 2 is 1.67 bits per heavy atom. The molecule has 2 saturated carbocycles. The van der Waals surface area contributed by atoms with Crippen LogP contribution in [-0.2, 0) is 19.1 Å². The van der Waals surface area contributed by atoms with E-state index >= 15 is 0 Å². The van der Waals surface area contributed by atoms with Crippen LogP contribution in [0.1, 0.15) is 29.6 Å². The molecular weight excluding hydrogens is 467 g/mol. The minimum atomic E-state index is -0.747. The predicted octanol–water partition coefficient (Wildman–Crippen LogP) is 4.32. The summed E-state index contributed by atoms with van der Waals surface area (Å²) in [5.41, 5.74) is 0.794. The van der Waals surface area contributed by atoms with Gasteiger partial charge in [-0.1, -0.05) is 35.3 Å². The van der Waals surface area contributed by atoms with Gasteiger partial charge in [-0.3, -0.25) is 19.3 Å². The van der Waals surface area contributed by atoms with E-state index in [1.807, 2.05) is 0 Å². The van der Waals surface area contributed by atoms with Gasteiger partial charge in [-0.25, -0.2) is 4.79 Å². The molecule has 9 heteroatoms. The average molecular weight is 487 g/mol. The molecule has 33 heavy (non-hydrogen) atoms. The van der Waals surface area contributed by atoms with Gasteiger partial charge in [0.05, 0.1) is 38.8 Å². The number of esters is 1. The number of benzene rings is 2. The molecule has 1 saturated heterocycles. The van der Waals surface area contributed by atoms with Crippen molar-refractivity contribution >= 4 is 58.3 Å². The maximum atomic E-state index is 13.0. The first-order valence-electron chi connectivity index (χ1n) is 10.7. The summed E-state index contributed by atoms with van der Waals surface area (Å²) in [6.07, 6.45) is 2.94. The lowest BCUT2D eigenvalue weighted by atomic mass is 9.81. The van der Waals surface area contributed by atoms with Gasteiger partial charge in [0.2, 0.25) is 11.8 Å². The molecule has 2 aromatic carbocycles. The summed E-state index contributed by atoms with van der Waals surface area (Å²) < 4.78 is 5.11. The zero-order chi connectivity index (χ0) is 23.3. The topological polar surface area (TPSA) is 92.8 Å². The van der Waals surface area contributed by atoms with Crippen LogP contribution in [0.15, 0.2) is 42.5 Å². The first kappa shape index (κ1) is 21.9. The van der Waals surface area contributed by atoms with Gasteiger partial charge in [-0.2, -0.15) is 0 Å². The van der Waals surface area contributed by atoms with Crippen molar-refractivity contribution in [2.24, 2.45) is 23.7 Å². The van der Waals surface area contributed by atoms with E-state index < -0.39 is 18.5 Å². The molecule has 3 fully saturated rings. The van der Waals surface area contributed by atoms with Crippen molar-refractivity contribution in [2.75, 3.05) is 16.8 Å². The number of nitrogens with one attached hydrogen (secondary N) is 1. The minimum absolute atomic E-state index is 0.140. The van der Waals surface area contributed by atoms with Crippen LogP contribution in [0.5, 0.6) is 0 Å². The summed E-state index contributed by atoms with van der Waals surface area (Å²) in [7, 11) is 0. The van der Waals surface area contributed by atoms with E-state index in [4.69, 9.17) is 27.9 Å². The lowest BCUT2D eigenvalue weighted by molar-refractivity contribution is -0.123. The minimum Gasteiger partial charge on any atom is -0.452 e. The lowest BCUT2D eigenvalue weighted by Gasteiger charge is -2.19. The van der Waals surface area contributed by atoms with E-state index in [9.17, 15) is 19.2 Å². The van der Waals surface area contributed by atoms with Gasteiger partial charge < -0.3 is 10.1 Å². The molecule has 1 heterocycles. The Morgan fingerprint density at radius 3 is 2.36 bits per heavy atom. The van der Waals surface area contributed by atoms with Crippen molar-refractivity contribution in [3.8, 4) is 0 Å². The maximum absolute atomic E-state index is 13.0. The number of carbonyl (C=O) groups excluding carboxylic acids is 4. The normalized spacial score (nSPS) is 25.3. The maximum Gasteiger partial charge on any atom is 0.338 e. The van der Waals surface area contributed by atoms with Crippen LogP contribution in [0.25, 0.3) is 0 Å². The van der Waals surface area contributed by atoms with Crippen LogP contribution in [0.2, 0.25) is 10.0 Å².